The number of amides is 2. The molecule has 1 aromatic heterocycles. The monoisotopic (exact) mass is 421 g/mol. The molecule has 1 aromatic carbocycles. The smallest absolute Gasteiger partial charge is 0.248 e. The van der Waals surface area contributed by atoms with Gasteiger partial charge in [-0.1, -0.05) is 43.9 Å². The summed E-state index contributed by atoms with van der Waals surface area (Å²) in [6, 6.07) is 9.94. The molecular weight excluding hydrogens is 390 g/mol. The number of rotatable bonds is 5. The molecule has 164 valence electrons. The summed E-state index contributed by atoms with van der Waals surface area (Å²) < 4.78 is 5.88. The van der Waals surface area contributed by atoms with Crippen LogP contribution in [-0.4, -0.2) is 65.5 Å². The number of pyridine rings is 1. The maximum atomic E-state index is 12.6. The first-order valence-electron chi connectivity index (χ1n) is 11.4. The number of ether oxygens (including phenoxy) is 1. The number of hydrogen-bond donors (Lipinski definition) is 0. The van der Waals surface area contributed by atoms with E-state index >= 15 is 0 Å². The molecular formula is C25H31N3O3. The van der Waals surface area contributed by atoms with Crippen LogP contribution in [0.15, 0.2) is 42.6 Å². The van der Waals surface area contributed by atoms with Gasteiger partial charge in [0.2, 0.25) is 11.8 Å². The summed E-state index contributed by atoms with van der Waals surface area (Å²) in [5, 5.41) is 1.05. The van der Waals surface area contributed by atoms with Crippen molar-refractivity contribution in [2.24, 2.45) is 0 Å². The molecule has 0 unspecified atom stereocenters. The van der Waals surface area contributed by atoms with Crippen LogP contribution in [0.25, 0.3) is 17.0 Å². The Kier molecular flexibility index (Phi) is 7.30. The highest BCUT2D eigenvalue weighted by Crippen LogP contribution is 2.20. The van der Waals surface area contributed by atoms with Crippen LogP contribution in [0.2, 0.25) is 0 Å². The molecule has 6 nitrogen and oxygen atoms in total. The molecule has 0 radical (unpaired) electrons. The Hall–Kier alpha value is -2.73. The van der Waals surface area contributed by atoms with E-state index in [4.69, 9.17) is 4.74 Å². The normalized spacial score (nSPS) is 18.5. The molecule has 2 aromatic rings. The molecule has 2 aliphatic rings. The molecule has 2 fully saturated rings. The largest absolute Gasteiger partial charge is 0.368 e. The lowest BCUT2D eigenvalue weighted by molar-refractivity contribution is -0.142. The van der Waals surface area contributed by atoms with Crippen molar-refractivity contribution in [3.63, 3.8) is 0 Å². The first-order valence-corrected chi connectivity index (χ1v) is 11.4. The molecule has 0 atom stereocenters. The third-order valence-corrected chi connectivity index (χ3v) is 6.22. The summed E-state index contributed by atoms with van der Waals surface area (Å²) >= 11 is 0. The highest BCUT2D eigenvalue weighted by atomic mass is 16.5. The van der Waals surface area contributed by atoms with Gasteiger partial charge in [-0.25, -0.2) is 0 Å². The molecule has 6 heteroatoms. The van der Waals surface area contributed by atoms with Gasteiger partial charge in [-0.2, -0.15) is 0 Å². The fraction of sp³-hybridized carbons (Fsp3) is 0.480. The maximum Gasteiger partial charge on any atom is 0.248 e. The van der Waals surface area contributed by atoms with Gasteiger partial charge in [-0.15, -0.1) is 0 Å². The van der Waals surface area contributed by atoms with Crippen molar-refractivity contribution in [1.82, 2.24) is 14.8 Å². The van der Waals surface area contributed by atoms with Gasteiger partial charge in [0.1, 0.15) is 6.61 Å². The van der Waals surface area contributed by atoms with Crippen LogP contribution in [0.1, 0.15) is 44.1 Å². The number of nitrogens with zero attached hydrogens (tertiary/aromatic N) is 3. The molecule has 0 N–H and O–H groups in total. The molecule has 4 rings (SSSR count). The molecule has 1 aliphatic carbocycles. The number of carbonyl (C=O) groups excluding carboxylic acids is 2. The van der Waals surface area contributed by atoms with E-state index < -0.39 is 0 Å². The number of aromatic nitrogens is 1. The molecule has 0 bridgehead atoms. The lowest BCUT2D eigenvalue weighted by atomic mass is 10.1. The number of benzene rings is 1. The Labute approximate surface area is 183 Å². The maximum absolute atomic E-state index is 12.6. The molecule has 1 saturated carbocycles. The zero-order valence-corrected chi connectivity index (χ0v) is 18.0. The fourth-order valence-corrected chi connectivity index (χ4v) is 4.32. The fourth-order valence-electron chi connectivity index (χ4n) is 4.32. The predicted octanol–water partition coefficient (Wildman–Crippen LogP) is 3.66. The van der Waals surface area contributed by atoms with E-state index in [2.05, 4.69) is 4.98 Å². The Balaban J connectivity index is 1.23. The summed E-state index contributed by atoms with van der Waals surface area (Å²) in [5.41, 5.74) is 1.84. The quantitative estimate of drug-likeness (QED) is 0.546. The van der Waals surface area contributed by atoms with E-state index in [1.54, 1.807) is 23.2 Å². The molecule has 1 aliphatic heterocycles. The van der Waals surface area contributed by atoms with Crippen molar-refractivity contribution < 1.29 is 14.3 Å². The first-order chi connectivity index (χ1) is 15.2. The van der Waals surface area contributed by atoms with Crippen molar-refractivity contribution in [3.05, 3.63) is 48.2 Å². The molecule has 31 heavy (non-hydrogen) atoms. The summed E-state index contributed by atoms with van der Waals surface area (Å²) in [6.07, 6.45) is 12.5. The minimum Gasteiger partial charge on any atom is -0.368 e. The van der Waals surface area contributed by atoms with Gasteiger partial charge in [0.25, 0.3) is 0 Å². The van der Waals surface area contributed by atoms with Crippen molar-refractivity contribution in [2.75, 3.05) is 32.8 Å². The second-order valence-corrected chi connectivity index (χ2v) is 8.43. The summed E-state index contributed by atoms with van der Waals surface area (Å²) in [4.78, 5) is 33.1. The topological polar surface area (TPSA) is 62.7 Å². The Bertz CT molecular complexity index is 927. The van der Waals surface area contributed by atoms with Gasteiger partial charge in [0, 0.05) is 43.8 Å². The number of piperazine rings is 1. The van der Waals surface area contributed by atoms with Crippen LogP contribution in [0.5, 0.6) is 0 Å². The highest BCUT2D eigenvalue weighted by molar-refractivity contribution is 5.92. The van der Waals surface area contributed by atoms with Crippen LogP contribution < -0.4 is 0 Å². The van der Waals surface area contributed by atoms with Crippen LogP contribution in [0.3, 0.4) is 0 Å². The predicted molar refractivity (Wildman–Crippen MR) is 121 cm³/mol. The van der Waals surface area contributed by atoms with Crippen LogP contribution in [0.4, 0.5) is 0 Å². The average molecular weight is 422 g/mol. The van der Waals surface area contributed by atoms with E-state index in [0.717, 1.165) is 29.3 Å². The number of hydrogen-bond acceptors (Lipinski definition) is 4. The number of carbonyl (C=O) groups is 2. The van der Waals surface area contributed by atoms with Crippen molar-refractivity contribution >= 4 is 28.8 Å². The second kappa shape index (κ2) is 10.5. The molecule has 0 spiro atoms. The molecule has 2 heterocycles. The van der Waals surface area contributed by atoms with Crippen LogP contribution in [0, 0.1) is 0 Å². The van der Waals surface area contributed by atoms with Crippen molar-refractivity contribution in [3.8, 4) is 0 Å². The van der Waals surface area contributed by atoms with E-state index in [1.807, 2.05) is 35.2 Å². The van der Waals surface area contributed by atoms with Crippen LogP contribution in [-0.2, 0) is 14.3 Å². The summed E-state index contributed by atoms with van der Waals surface area (Å²) in [5.74, 6) is 0.00379. The zero-order chi connectivity index (χ0) is 21.5. The second-order valence-electron chi connectivity index (χ2n) is 8.43. The number of fused-ring (bicyclic) bond motifs is 1. The van der Waals surface area contributed by atoms with Gasteiger partial charge >= 0.3 is 0 Å². The Morgan fingerprint density at radius 1 is 1.00 bits per heavy atom. The third kappa shape index (κ3) is 5.91. The van der Waals surface area contributed by atoms with E-state index in [1.165, 1.54) is 25.7 Å². The van der Waals surface area contributed by atoms with E-state index in [0.29, 0.717) is 26.2 Å². The highest BCUT2D eigenvalue weighted by Gasteiger charge is 2.24. The molecule has 1 saturated heterocycles. The van der Waals surface area contributed by atoms with Gasteiger partial charge in [0.15, 0.2) is 0 Å². The Morgan fingerprint density at radius 2 is 1.71 bits per heavy atom. The minimum absolute atomic E-state index is 0.0324. The van der Waals surface area contributed by atoms with Gasteiger partial charge < -0.3 is 14.5 Å². The third-order valence-electron chi connectivity index (χ3n) is 6.22. The average Bonchev–Trinajstić information content (AvgIpc) is 3.10. The van der Waals surface area contributed by atoms with Gasteiger partial charge in [-0.3, -0.25) is 14.6 Å². The summed E-state index contributed by atoms with van der Waals surface area (Å²) in [6.45, 7) is 2.38. The minimum atomic E-state index is -0.0324. The lowest BCUT2D eigenvalue weighted by Crippen LogP contribution is -2.51. The SMILES string of the molecule is O=C(/C=C/c1cnc2ccccc2c1)N1CCN(C(=O)COC2CCCCCC2)CC1. The van der Waals surface area contributed by atoms with Crippen LogP contribution >= 0.6 is 0 Å². The first kappa shape index (κ1) is 21.5. The molecule has 2 amide bonds. The van der Waals surface area contributed by atoms with Crippen molar-refractivity contribution in [2.45, 2.75) is 44.6 Å². The standard InChI is InChI=1S/C25H31N3O3/c29-24(12-11-20-17-21-7-5-6-10-23(21)26-18-20)27-13-15-28(16-14-27)25(30)19-31-22-8-3-1-2-4-9-22/h5-7,10-12,17-18,22H,1-4,8-9,13-16,19H2/b12-11+. The lowest BCUT2D eigenvalue weighted by Gasteiger charge is -2.34. The van der Waals surface area contributed by atoms with Crippen molar-refractivity contribution in [1.29, 1.82) is 0 Å². The number of para-hydroxylation sites is 1. The van der Waals surface area contributed by atoms with E-state index in [9.17, 15) is 9.59 Å². The van der Waals surface area contributed by atoms with Gasteiger partial charge in [0.05, 0.1) is 11.6 Å². The zero-order valence-electron chi connectivity index (χ0n) is 18.0. The summed E-state index contributed by atoms with van der Waals surface area (Å²) in [7, 11) is 0. The van der Waals surface area contributed by atoms with E-state index in [-0.39, 0.29) is 24.5 Å². The van der Waals surface area contributed by atoms with Gasteiger partial charge in [-0.05, 0) is 36.6 Å². The Morgan fingerprint density at radius 3 is 2.48 bits per heavy atom.